The summed E-state index contributed by atoms with van der Waals surface area (Å²) < 4.78 is 13.1. The van der Waals surface area contributed by atoms with E-state index in [1.165, 1.54) is 12.8 Å². The van der Waals surface area contributed by atoms with Crippen molar-refractivity contribution in [2.45, 2.75) is 39.2 Å². The topological polar surface area (TPSA) is 86.3 Å². The number of hydrogen-bond donors (Lipinski definition) is 0. The third kappa shape index (κ3) is 3.65. The van der Waals surface area contributed by atoms with Gasteiger partial charge in [-0.05, 0) is 38.7 Å². The SMILES string of the molecule is CCn1ccc(C(=O)N2C[C@@H](COCC3CC3)[C@H](c3nc(C)no3)C2)n1. The van der Waals surface area contributed by atoms with E-state index >= 15 is 0 Å². The molecule has 2 fully saturated rings. The molecule has 4 rings (SSSR count). The molecule has 0 bridgehead atoms. The molecule has 0 radical (unpaired) electrons. The van der Waals surface area contributed by atoms with Crippen molar-refractivity contribution in [1.82, 2.24) is 24.8 Å². The van der Waals surface area contributed by atoms with E-state index in [4.69, 9.17) is 9.26 Å². The van der Waals surface area contributed by atoms with Gasteiger partial charge in [0.2, 0.25) is 5.89 Å². The number of likely N-dealkylation sites (tertiary alicyclic amines) is 1. The lowest BCUT2D eigenvalue weighted by Crippen LogP contribution is -2.30. The summed E-state index contributed by atoms with van der Waals surface area (Å²) in [4.78, 5) is 19.1. The van der Waals surface area contributed by atoms with Gasteiger partial charge in [0.1, 0.15) is 5.69 Å². The van der Waals surface area contributed by atoms with Crippen LogP contribution < -0.4 is 0 Å². The molecule has 8 nitrogen and oxygen atoms in total. The van der Waals surface area contributed by atoms with Crippen LogP contribution in [-0.4, -0.2) is 57.0 Å². The lowest BCUT2D eigenvalue weighted by molar-refractivity contribution is 0.0731. The first-order chi connectivity index (χ1) is 12.6. The highest BCUT2D eigenvalue weighted by atomic mass is 16.5. The zero-order valence-corrected chi connectivity index (χ0v) is 15.3. The van der Waals surface area contributed by atoms with Crippen LogP contribution in [0, 0.1) is 18.8 Å². The van der Waals surface area contributed by atoms with Gasteiger partial charge >= 0.3 is 0 Å². The summed E-state index contributed by atoms with van der Waals surface area (Å²) in [7, 11) is 0. The lowest BCUT2D eigenvalue weighted by atomic mass is 9.97. The minimum atomic E-state index is -0.0527. The van der Waals surface area contributed by atoms with E-state index in [0.717, 1.165) is 19.1 Å². The van der Waals surface area contributed by atoms with Gasteiger partial charge in [-0.15, -0.1) is 0 Å². The number of aromatic nitrogens is 4. The third-order valence-electron chi connectivity index (χ3n) is 5.15. The van der Waals surface area contributed by atoms with Crippen molar-refractivity contribution in [2.75, 3.05) is 26.3 Å². The Morgan fingerprint density at radius 1 is 1.35 bits per heavy atom. The predicted molar refractivity (Wildman–Crippen MR) is 92.6 cm³/mol. The summed E-state index contributed by atoms with van der Waals surface area (Å²) in [6.07, 6.45) is 4.36. The van der Waals surface area contributed by atoms with Crippen LogP contribution in [-0.2, 0) is 11.3 Å². The molecule has 1 saturated carbocycles. The molecular formula is C18H25N5O3. The fourth-order valence-electron chi connectivity index (χ4n) is 3.43. The number of aryl methyl sites for hydroxylation is 2. The summed E-state index contributed by atoms with van der Waals surface area (Å²) >= 11 is 0. The number of rotatable bonds is 7. The Kier molecular flexibility index (Phi) is 4.76. The molecule has 2 aromatic rings. The Morgan fingerprint density at radius 3 is 2.85 bits per heavy atom. The van der Waals surface area contributed by atoms with Crippen LogP contribution in [0.15, 0.2) is 16.8 Å². The Hall–Kier alpha value is -2.22. The van der Waals surface area contributed by atoms with Crippen molar-refractivity contribution >= 4 is 5.91 Å². The third-order valence-corrected chi connectivity index (χ3v) is 5.15. The van der Waals surface area contributed by atoms with Crippen LogP contribution in [0.1, 0.15) is 47.9 Å². The molecule has 0 unspecified atom stereocenters. The predicted octanol–water partition coefficient (Wildman–Crippen LogP) is 1.88. The molecule has 2 atom stereocenters. The smallest absolute Gasteiger partial charge is 0.274 e. The van der Waals surface area contributed by atoms with Gasteiger partial charge in [0, 0.05) is 38.4 Å². The molecule has 2 aromatic heterocycles. The molecule has 3 heterocycles. The number of nitrogens with zero attached hydrogens (tertiary/aromatic N) is 5. The van der Waals surface area contributed by atoms with Crippen molar-refractivity contribution in [1.29, 1.82) is 0 Å². The Balaban J connectivity index is 1.46. The maximum absolute atomic E-state index is 12.8. The van der Waals surface area contributed by atoms with Crippen molar-refractivity contribution in [3.05, 3.63) is 29.7 Å². The highest BCUT2D eigenvalue weighted by Gasteiger charge is 2.40. The zero-order valence-electron chi connectivity index (χ0n) is 15.3. The van der Waals surface area contributed by atoms with Crippen LogP contribution in [0.4, 0.5) is 0 Å². The van der Waals surface area contributed by atoms with Crippen molar-refractivity contribution in [3.8, 4) is 0 Å². The van der Waals surface area contributed by atoms with Gasteiger partial charge in [-0.1, -0.05) is 5.16 Å². The molecule has 1 amide bonds. The first kappa shape index (κ1) is 17.2. The lowest BCUT2D eigenvalue weighted by Gasteiger charge is -2.15. The summed E-state index contributed by atoms with van der Waals surface area (Å²) in [5, 5.41) is 8.25. The van der Waals surface area contributed by atoms with E-state index in [2.05, 4.69) is 15.2 Å². The maximum Gasteiger partial charge on any atom is 0.274 e. The van der Waals surface area contributed by atoms with Gasteiger partial charge in [0.05, 0.1) is 12.5 Å². The van der Waals surface area contributed by atoms with Crippen LogP contribution in [0.2, 0.25) is 0 Å². The van der Waals surface area contributed by atoms with E-state index in [1.54, 1.807) is 17.7 Å². The fourth-order valence-corrected chi connectivity index (χ4v) is 3.43. The number of carbonyl (C=O) groups is 1. The summed E-state index contributed by atoms with van der Waals surface area (Å²) in [6, 6.07) is 1.77. The van der Waals surface area contributed by atoms with Crippen LogP contribution in [0.3, 0.4) is 0 Å². The zero-order chi connectivity index (χ0) is 18.1. The van der Waals surface area contributed by atoms with Gasteiger partial charge in [0.15, 0.2) is 5.82 Å². The van der Waals surface area contributed by atoms with Gasteiger partial charge in [0.25, 0.3) is 5.91 Å². The van der Waals surface area contributed by atoms with Gasteiger partial charge in [-0.2, -0.15) is 10.1 Å². The van der Waals surface area contributed by atoms with E-state index in [0.29, 0.717) is 37.1 Å². The standard InChI is InChI=1S/C18H25N5O3/c1-3-23-7-6-16(20-23)18(24)22-8-14(11-25-10-13-4-5-13)15(9-22)17-19-12(2)21-26-17/h6-7,13-15H,3-5,8-11H2,1-2H3/t14-,15+/m0/s1. The Labute approximate surface area is 152 Å². The van der Waals surface area contributed by atoms with Crippen molar-refractivity contribution in [2.24, 2.45) is 11.8 Å². The minimum absolute atomic E-state index is 0.00705. The molecule has 0 N–H and O–H groups in total. The fraction of sp³-hybridized carbons (Fsp3) is 0.667. The second kappa shape index (κ2) is 7.19. The van der Waals surface area contributed by atoms with E-state index in [1.807, 2.05) is 18.0 Å². The first-order valence-electron chi connectivity index (χ1n) is 9.34. The first-order valence-corrected chi connectivity index (χ1v) is 9.34. The Morgan fingerprint density at radius 2 is 2.19 bits per heavy atom. The molecule has 26 heavy (non-hydrogen) atoms. The molecule has 1 saturated heterocycles. The van der Waals surface area contributed by atoms with E-state index < -0.39 is 0 Å². The summed E-state index contributed by atoms with van der Waals surface area (Å²) in [6.45, 7) is 7.14. The normalized spacial score (nSPS) is 22.9. The second-order valence-corrected chi connectivity index (χ2v) is 7.29. The average Bonchev–Trinajstić information content (AvgIpc) is 3.03. The van der Waals surface area contributed by atoms with Crippen molar-refractivity contribution < 1.29 is 14.1 Å². The largest absolute Gasteiger partial charge is 0.381 e. The molecule has 8 heteroatoms. The van der Waals surface area contributed by atoms with Crippen LogP contribution >= 0.6 is 0 Å². The highest BCUT2D eigenvalue weighted by molar-refractivity contribution is 5.92. The van der Waals surface area contributed by atoms with Gasteiger partial charge in [-0.25, -0.2) is 0 Å². The van der Waals surface area contributed by atoms with E-state index in [9.17, 15) is 4.79 Å². The highest BCUT2D eigenvalue weighted by Crippen LogP contribution is 2.34. The second-order valence-electron chi connectivity index (χ2n) is 7.29. The van der Waals surface area contributed by atoms with Crippen molar-refractivity contribution in [3.63, 3.8) is 0 Å². The summed E-state index contributed by atoms with van der Waals surface area (Å²) in [5.74, 6) is 2.04. The molecule has 1 aliphatic heterocycles. The average molecular weight is 359 g/mol. The van der Waals surface area contributed by atoms with Crippen LogP contribution in [0.25, 0.3) is 0 Å². The number of hydrogen-bond acceptors (Lipinski definition) is 6. The molecule has 0 aromatic carbocycles. The number of amides is 1. The van der Waals surface area contributed by atoms with E-state index in [-0.39, 0.29) is 17.7 Å². The summed E-state index contributed by atoms with van der Waals surface area (Å²) in [5.41, 5.74) is 0.479. The van der Waals surface area contributed by atoms with Gasteiger partial charge < -0.3 is 14.2 Å². The number of carbonyl (C=O) groups excluding carboxylic acids is 1. The van der Waals surface area contributed by atoms with Gasteiger partial charge in [-0.3, -0.25) is 9.48 Å². The minimum Gasteiger partial charge on any atom is -0.381 e. The quantitative estimate of drug-likeness (QED) is 0.750. The maximum atomic E-state index is 12.8. The molecule has 1 aliphatic carbocycles. The molecular weight excluding hydrogens is 334 g/mol. The number of ether oxygens (including phenoxy) is 1. The molecule has 2 aliphatic rings. The molecule has 140 valence electrons. The molecule has 0 spiro atoms. The Bertz CT molecular complexity index is 766. The van der Waals surface area contributed by atoms with Crippen LogP contribution in [0.5, 0.6) is 0 Å². The monoisotopic (exact) mass is 359 g/mol.